The number of nitrogens with one attached hydrogen (secondary N) is 3. The molecule has 0 spiro atoms. The van der Waals surface area contributed by atoms with E-state index in [0.717, 1.165) is 24.2 Å². The lowest BCUT2D eigenvalue weighted by molar-refractivity contribution is -0.124. The van der Waals surface area contributed by atoms with Gasteiger partial charge < -0.3 is 10.6 Å². The van der Waals surface area contributed by atoms with Gasteiger partial charge in [-0.1, -0.05) is 12.1 Å². The average molecular weight is 468 g/mol. The highest BCUT2D eigenvalue weighted by molar-refractivity contribution is 7.89. The van der Waals surface area contributed by atoms with E-state index in [2.05, 4.69) is 26.0 Å². The largest absolute Gasteiger partial charge is 0.367 e. The maximum Gasteiger partial charge on any atom is 0.254 e. The number of sulfonamides is 1. The first-order valence-electron chi connectivity index (χ1n) is 10.3. The van der Waals surface area contributed by atoms with Crippen molar-refractivity contribution in [3.05, 3.63) is 53.2 Å². The summed E-state index contributed by atoms with van der Waals surface area (Å²) in [6.07, 6.45) is 5.41. The van der Waals surface area contributed by atoms with E-state index < -0.39 is 15.9 Å². The first kappa shape index (κ1) is 21.1. The summed E-state index contributed by atoms with van der Waals surface area (Å²) in [5.74, 6) is 0.593. The van der Waals surface area contributed by atoms with E-state index in [9.17, 15) is 18.0 Å². The summed E-state index contributed by atoms with van der Waals surface area (Å²) in [4.78, 5) is 28.2. The molecular weight excluding hydrogens is 446 g/mol. The Balaban J connectivity index is 1.45. The Morgan fingerprint density at radius 1 is 1.21 bits per heavy atom. The lowest BCUT2D eigenvalue weighted by Gasteiger charge is -2.12. The number of carbonyl (C=O) groups excluding carboxylic acids is 2. The highest BCUT2D eigenvalue weighted by Gasteiger charge is 2.25. The summed E-state index contributed by atoms with van der Waals surface area (Å²) < 4.78 is 24.5. The number of hydrogen-bond donors (Lipinski definition) is 4. The minimum atomic E-state index is -3.74. The Kier molecular flexibility index (Phi) is 5.10. The SMILES string of the molecule is NS(=O)(=O)c1ccc(CNc2cc(NC3CC3)n3ncc(/C=C4\CC(=O)NC4=O)c3n2)cc1. The molecular formula is C21H21N7O4S. The molecule has 3 heterocycles. The number of rotatable bonds is 7. The molecule has 2 aliphatic rings. The molecule has 0 unspecified atom stereocenters. The van der Waals surface area contributed by atoms with E-state index in [4.69, 9.17) is 5.14 Å². The fraction of sp³-hybridized carbons (Fsp3) is 0.238. The summed E-state index contributed by atoms with van der Waals surface area (Å²) in [6.45, 7) is 0.401. The molecule has 2 amide bonds. The number of amides is 2. The van der Waals surface area contributed by atoms with E-state index in [-0.39, 0.29) is 17.2 Å². The number of carbonyl (C=O) groups is 2. The number of hydrogen-bond acceptors (Lipinski definition) is 8. The van der Waals surface area contributed by atoms with Gasteiger partial charge in [-0.25, -0.2) is 18.5 Å². The van der Waals surface area contributed by atoms with Crippen LogP contribution in [0.1, 0.15) is 30.4 Å². The van der Waals surface area contributed by atoms with Crippen LogP contribution in [0.4, 0.5) is 11.6 Å². The zero-order valence-corrected chi connectivity index (χ0v) is 18.2. The Labute approximate surface area is 189 Å². The van der Waals surface area contributed by atoms with Crippen molar-refractivity contribution in [1.82, 2.24) is 19.9 Å². The van der Waals surface area contributed by atoms with Crippen LogP contribution in [0.15, 0.2) is 47.0 Å². The van der Waals surface area contributed by atoms with E-state index >= 15 is 0 Å². The molecule has 3 aromatic rings. The maximum atomic E-state index is 12.0. The quantitative estimate of drug-likeness (QED) is 0.296. The van der Waals surface area contributed by atoms with Crippen molar-refractivity contribution in [3.8, 4) is 0 Å². The fourth-order valence-electron chi connectivity index (χ4n) is 3.51. The molecule has 2 aromatic heterocycles. The van der Waals surface area contributed by atoms with Crippen LogP contribution < -0.4 is 21.1 Å². The van der Waals surface area contributed by atoms with Gasteiger partial charge in [0.05, 0.1) is 17.5 Å². The average Bonchev–Trinajstić information content (AvgIpc) is 3.40. The third-order valence-electron chi connectivity index (χ3n) is 5.38. The topological polar surface area (TPSA) is 161 Å². The van der Waals surface area contributed by atoms with Gasteiger partial charge in [-0.05, 0) is 36.6 Å². The normalized spacial score (nSPS) is 17.5. The van der Waals surface area contributed by atoms with E-state index in [1.165, 1.54) is 12.1 Å². The molecule has 1 saturated heterocycles. The molecule has 0 bridgehead atoms. The van der Waals surface area contributed by atoms with Crippen molar-refractivity contribution in [2.24, 2.45) is 5.14 Å². The molecule has 1 aliphatic heterocycles. The summed E-state index contributed by atoms with van der Waals surface area (Å²) in [7, 11) is -3.74. The lowest BCUT2D eigenvalue weighted by Crippen LogP contribution is -2.19. The van der Waals surface area contributed by atoms with Gasteiger partial charge in [0.2, 0.25) is 15.9 Å². The smallest absolute Gasteiger partial charge is 0.254 e. The van der Waals surface area contributed by atoms with Gasteiger partial charge in [0.25, 0.3) is 5.91 Å². The minimum Gasteiger partial charge on any atom is -0.367 e. The third-order valence-corrected chi connectivity index (χ3v) is 6.31. The molecule has 11 nitrogen and oxygen atoms in total. The van der Waals surface area contributed by atoms with Gasteiger partial charge in [0.1, 0.15) is 11.6 Å². The Morgan fingerprint density at radius 3 is 2.61 bits per heavy atom. The summed E-state index contributed by atoms with van der Waals surface area (Å²) >= 11 is 0. The van der Waals surface area contributed by atoms with E-state index in [1.54, 1.807) is 28.9 Å². The number of benzene rings is 1. The standard InChI is InChI=1S/C21H21N7O4S/c22-33(31,32)16-5-1-12(2-6-16)10-23-17-9-18(25-15-3-4-15)28-20(26-17)14(11-24-28)7-13-8-19(29)27-21(13)30/h1-2,5-7,9,11,15,25H,3-4,8,10H2,(H,23,26)(H2,22,31,32)(H,27,29,30)/b13-7+. The minimum absolute atomic E-state index is 0.0236. The van der Waals surface area contributed by atoms with Crippen LogP contribution in [-0.2, 0) is 26.2 Å². The molecule has 1 aromatic carbocycles. The molecule has 0 radical (unpaired) electrons. The van der Waals surface area contributed by atoms with Crippen molar-refractivity contribution in [1.29, 1.82) is 0 Å². The summed E-state index contributed by atoms with van der Waals surface area (Å²) in [6, 6.07) is 8.49. The van der Waals surface area contributed by atoms with Crippen LogP contribution in [0.25, 0.3) is 11.7 Å². The molecule has 1 aliphatic carbocycles. The van der Waals surface area contributed by atoms with Crippen molar-refractivity contribution in [2.75, 3.05) is 10.6 Å². The van der Waals surface area contributed by atoms with E-state index in [0.29, 0.717) is 35.2 Å². The van der Waals surface area contributed by atoms with Crippen LogP contribution in [0.3, 0.4) is 0 Å². The zero-order valence-electron chi connectivity index (χ0n) is 17.4. The predicted molar refractivity (Wildman–Crippen MR) is 121 cm³/mol. The fourth-order valence-corrected chi connectivity index (χ4v) is 4.03. The van der Waals surface area contributed by atoms with Gasteiger partial charge in [-0.2, -0.15) is 9.61 Å². The van der Waals surface area contributed by atoms with Gasteiger partial charge in [-0.3, -0.25) is 14.9 Å². The second-order valence-electron chi connectivity index (χ2n) is 8.05. The Morgan fingerprint density at radius 2 is 1.97 bits per heavy atom. The van der Waals surface area contributed by atoms with Crippen molar-refractivity contribution in [2.45, 2.75) is 36.7 Å². The van der Waals surface area contributed by atoms with Crippen molar-refractivity contribution >= 4 is 45.2 Å². The number of nitrogens with zero attached hydrogens (tertiary/aromatic N) is 3. The number of aromatic nitrogens is 3. The highest BCUT2D eigenvalue weighted by atomic mass is 32.2. The van der Waals surface area contributed by atoms with Gasteiger partial charge in [-0.15, -0.1) is 0 Å². The van der Waals surface area contributed by atoms with Crippen molar-refractivity contribution in [3.63, 3.8) is 0 Å². The van der Waals surface area contributed by atoms with Gasteiger partial charge in [0.15, 0.2) is 5.65 Å². The maximum absolute atomic E-state index is 12.0. The van der Waals surface area contributed by atoms with Crippen LogP contribution in [0.5, 0.6) is 0 Å². The van der Waals surface area contributed by atoms with Gasteiger partial charge >= 0.3 is 0 Å². The molecule has 2 fully saturated rings. The number of primary sulfonamides is 1. The Bertz CT molecular complexity index is 1410. The first-order valence-corrected chi connectivity index (χ1v) is 11.9. The van der Waals surface area contributed by atoms with Crippen LogP contribution in [0, 0.1) is 0 Å². The summed E-state index contributed by atoms with van der Waals surface area (Å²) in [5, 5.41) is 18.5. The van der Waals surface area contributed by atoms with Gasteiger partial charge in [0, 0.05) is 29.8 Å². The second kappa shape index (κ2) is 7.98. The predicted octanol–water partition coefficient (Wildman–Crippen LogP) is 0.993. The molecule has 0 atom stereocenters. The monoisotopic (exact) mass is 467 g/mol. The first-order chi connectivity index (χ1) is 15.8. The lowest BCUT2D eigenvalue weighted by atomic mass is 10.1. The number of imide groups is 1. The third kappa shape index (κ3) is 4.56. The zero-order chi connectivity index (χ0) is 23.2. The Hall–Kier alpha value is -3.77. The van der Waals surface area contributed by atoms with Crippen LogP contribution in [0.2, 0.25) is 0 Å². The molecule has 170 valence electrons. The van der Waals surface area contributed by atoms with Crippen LogP contribution >= 0.6 is 0 Å². The molecule has 5 N–H and O–H groups in total. The summed E-state index contributed by atoms with van der Waals surface area (Å²) in [5.41, 5.74) is 2.36. The second-order valence-corrected chi connectivity index (χ2v) is 9.61. The molecule has 1 saturated carbocycles. The number of fused-ring (bicyclic) bond motifs is 1. The number of anilines is 2. The van der Waals surface area contributed by atoms with E-state index in [1.807, 2.05) is 6.07 Å². The molecule has 33 heavy (non-hydrogen) atoms. The van der Waals surface area contributed by atoms with Crippen LogP contribution in [-0.4, -0.2) is 40.9 Å². The number of nitrogens with two attached hydrogens (primary N) is 1. The molecule has 12 heteroatoms. The van der Waals surface area contributed by atoms with Crippen molar-refractivity contribution < 1.29 is 18.0 Å². The highest BCUT2D eigenvalue weighted by Crippen LogP contribution is 2.28. The molecule has 5 rings (SSSR count).